The fourth-order valence-corrected chi connectivity index (χ4v) is 2.43. The summed E-state index contributed by atoms with van der Waals surface area (Å²) in [5.74, 6) is 0. The highest BCUT2D eigenvalue weighted by Gasteiger charge is 2.14. The van der Waals surface area contributed by atoms with E-state index in [1.165, 1.54) is 4.68 Å². The van der Waals surface area contributed by atoms with Crippen LogP contribution in [0, 0.1) is 0 Å². The summed E-state index contributed by atoms with van der Waals surface area (Å²) in [5.41, 5.74) is 0.782. The standard InChI is InChI=1S/C14H24N4O3/c1-3-15-12(11-20-2)10-18-14(19)8-13(9-16-18)17-4-6-21-7-5-17/h8-9,12,15H,3-7,10-11H2,1-2H3. The first-order valence-corrected chi connectivity index (χ1v) is 7.36. The molecular formula is C14H24N4O3. The van der Waals surface area contributed by atoms with Gasteiger partial charge in [0, 0.05) is 26.3 Å². The van der Waals surface area contributed by atoms with Crippen LogP contribution in [0.25, 0.3) is 0 Å². The van der Waals surface area contributed by atoms with Crippen LogP contribution in [0.5, 0.6) is 0 Å². The van der Waals surface area contributed by atoms with Crippen molar-refractivity contribution in [2.45, 2.75) is 19.5 Å². The Hall–Kier alpha value is -1.44. The maximum absolute atomic E-state index is 12.2. The number of hydrogen-bond donors (Lipinski definition) is 1. The van der Waals surface area contributed by atoms with Gasteiger partial charge >= 0.3 is 0 Å². The van der Waals surface area contributed by atoms with E-state index >= 15 is 0 Å². The van der Waals surface area contributed by atoms with Crippen LogP contribution in [0.1, 0.15) is 6.92 Å². The van der Waals surface area contributed by atoms with Gasteiger partial charge in [0.25, 0.3) is 5.56 Å². The number of anilines is 1. The molecule has 0 radical (unpaired) electrons. The summed E-state index contributed by atoms with van der Waals surface area (Å²) in [5, 5.41) is 7.57. The predicted octanol–water partition coefficient (Wildman–Crippen LogP) is -0.296. The van der Waals surface area contributed by atoms with E-state index < -0.39 is 0 Å². The molecule has 0 saturated carbocycles. The fourth-order valence-electron chi connectivity index (χ4n) is 2.43. The number of nitrogens with zero attached hydrogens (tertiary/aromatic N) is 3. The predicted molar refractivity (Wildman–Crippen MR) is 80.9 cm³/mol. The third kappa shape index (κ3) is 4.52. The Kier molecular flexibility index (Phi) is 6.16. The van der Waals surface area contributed by atoms with Crippen molar-refractivity contribution >= 4 is 5.69 Å². The molecule has 1 aromatic rings. The van der Waals surface area contributed by atoms with E-state index in [2.05, 4.69) is 15.3 Å². The zero-order chi connectivity index (χ0) is 15.1. The molecule has 1 aliphatic heterocycles. The Morgan fingerprint density at radius 3 is 2.86 bits per heavy atom. The van der Waals surface area contributed by atoms with Gasteiger partial charge in [-0.05, 0) is 6.54 Å². The first-order chi connectivity index (χ1) is 10.2. The first kappa shape index (κ1) is 15.9. The molecular weight excluding hydrogens is 272 g/mol. The smallest absolute Gasteiger partial charge is 0.268 e. The average molecular weight is 296 g/mol. The van der Waals surface area contributed by atoms with Crippen molar-refractivity contribution in [3.63, 3.8) is 0 Å². The van der Waals surface area contributed by atoms with E-state index in [0.29, 0.717) is 26.4 Å². The molecule has 2 rings (SSSR count). The molecule has 0 aliphatic carbocycles. The summed E-state index contributed by atoms with van der Waals surface area (Å²) in [6.07, 6.45) is 1.75. The van der Waals surface area contributed by atoms with Gasteiger partial charge in [0.15, 0.2) is 0 Å². The van der Waals surface area contributed by atoms with Crippen LogP contribution in [0.4, 0.5) is 5.69 Å². The highest BCUT2D eigenvalue weighted by molar-refractivity contribution is 5.43. The summed E-state index contributed by atoms with van der Waals surface area (Å²) in [4.78, 5) is 14.3. The van der Waals surface area contributed by atoms with E-state index in [1.54, 1.807) is 19.4 Å². The van der Waals surface area contributed by atoms with Crippen molar-refractivity contribution in [1.82, 2.24) is 15.1 Å². The molecule has 1 aromatic heterocycles. The summed E-state index contributed by atoms with van der Waals surface area (Å²) in [6.45, 7) is 6.90. The van der Waals surface area contributed by atoms with Gasteiger partial charge in [0.1, 0.15) is 0 Å². The van der Waals surface area contributed by atoms with Gasteiger partial charge in [-0.1, -0.05) is 6.92 Å². The van der Waals surface area contributed by atoms with Crippen molar-refractivity contribution in [2.75, 3.05) is 51.5 Å². The molecule has 2 heterocycles. The van der Waals surface area contributed by atoms with Gasteiger partial charge < -0.3 is 19.7 Å². The van der Waals surface area contributed by atoms with Gasteiger partial charge in [0.05, 0.1) is 44.3 Å². The van der Waals surface area contributed by atoms with Crippen LogP contribution >= 0.6 is 0 Å². The minimum Gasteiger partial charge on any atom is -0.383 e. The van der Waals surface area contributed by atoms with Crippen LogP contribution in [0.15, 0.2) is 17.1 Å². The number of methoxy groups -OCH3 is 1. The van der Waals surface area contributed by atoms with Crippen LogP contribution in [-0.2, 0) is 16.0 Å². The molecule has 1 fully saturated rings. The van der Waals surface area contributed by atoms with Gasteiger partial charge in [-0.15, -0.1) is 0 Å². The van der Waals surface area contributed by atoms with Crippen LogP contribution < -0.4 is 15.8 Å². The zero-order valence-corrected chi connectivity index (χ0v) is 12.7. The lowest BCUT2D eigenvalue weighted by atomic mass is 10.3. The van der Waals surface area contributed by atoms with Crippen LogP contribution in [0.3, 0.4) is 0 Å². The fraction of sp³-hybridized carbons (Fsp3) is 0.714. The summed E-state index contributed by atoms with van der Waals surface area (Å²) >= 11 is 0. The number of likely N-dealkylation sites (N-methyl/N-ethyl adjacent to an activating group) is 1. The summed E-state index contributed by atoms with van der Waals surface area (Å²) in [7, 11) is 1.65. The molecule has 0 bridgehead atoms. The second kappa shape index (κ2) is 8.11. The quantitative estimate of drug-likeness (QED) is 0.745. The highest BCUT2D eigenvalue weighted by Crippen LogP contribution is 2.11. The highest BCUT2D eigenvalue weighted by atomic mass is 16.5. The van der Waals surface area contributed by atoms with Crippen molar-refractivity contribution in [3.05, 3.63) is 22.6 Å². The number of aromatic nitrogens is 2. The number of ether oxygens (including phenoxy) is 2. The maximum Gasteiger partial charge on any atom is 0.268 e. The average Bonchev–Trinajstić information content (AvgIpc) is 2.50. The number of nitrogens with one attached hydrogen (secondary N) is 1. The van der Waals surface area contributed by atoms with Gasteiger partial charge in [-0.3, -0.25) is 4.79 Å². The van der Waals surface area contributed by atoms with Crippen molar-refractivity contribution < 1.29 is 9.47 Å². The SMILES string of the molecule is CCNC(COC)Cn1ncc(N2CCOCC2)cc1=O. The Balaban J connectivity index is 2.05. The van der Waals surface area contributed by atoms with E-state index in [9.17, 15) is 4.79 Å². The lowest BCUT2D eigenvalue weighted by Crippen LogP contribution is -2.41. The summed E-state index contributed by atoms with van der Waals surface area (Å²) < 4.78 is 12.0. The molecule has 1 atom stereocenters. The second-order valence-electron chi connectivity index (χ2n) is 5.04. The minimum absolute atomic E-state index is 0.0828. The van der Waals surface area contributed by atoms with Gasteiger partial charge in [0.2, 0.25) is 0 Å². The number of hydrogen-bond acceptors (Lipinski definition) is 6. The third-order valence-corrected chi connectivity index (χ3v) is 3.49. The molecule has 1 unspecified atom stereocenters. The molecule has 0 spiro atoms. The number of rotatable bonds is 7. The van der Waals surface area contributed by atoms with Gasteiger partial charge in [-0.2, -0.15) is 5.10 Å². The van der Waals surface area contributed by atoms with Crippen LogP contribution in [-0.4, -0.2) is 62.4 Å². The Labute approximate surface area is 124 Å². The molecule has 0 amide bonds. The minimum atomic E-state index is -0.0852. The van der Waals surface area contributed by atoms with E-state index in [0.717, 1.165) is 25.3 Å². The first-order valence-electron chi connectivity index (χ1n) is 7.36. The normalized spacial score (nSPS) is 17.0. The van der Waals surface area contributed by atoms with Crippen molar-refractivity contribution in [3.8, 4) is 0 Å². The lowest BCUT2D eigenvalue weighted by molar-refractivity contribution is 0.122. The number of morpholine rings is 1. The lowest BCUT2D eigenvalue weighted by Gasteiger charge is -2.28. The van der Waals surface area contributed by atoms with Crippen molar-refractivity contribution in [2.24, 2.45) is 0 Å². The monoisotopic (exact) mass is 296 g/mol. The molecule has 7 heteroatoms. The molecule has 1 N–H and O–H groups in total. The molecule has 118 valence electrons. The van der Waals surface area contributed by atoms with E-state index in [-0.39, 0.29) is 11.6 Å². The Bertz CT molecular complexity index is 479. The molecule has 7 nitrogen and oxygen atoms in total. The molecule has 1 aliphatic rings. The van der Waals surface area contributed by atoms with E-state index in [4.69, 9.17) is 9.47 Å². The topological polar surface area (TPSA) is 68.6 Å². The second-order valence-corrected chi connectivity index (χ2v) is 5.04. The van der Waals surface area contributed by atoms with Gasteiger partial charge in [-0.25, -0.2) is 4.68 Å². The Morgan fingerprint density at radius 1 is 1.48 bits per heavy atom. The molecule has 0 aromatic carbocycles. The van der Waals surface area contributed by atoms with E-state index in [1.807, 2.05) is 6.92 Å². The van der Waals surface area contributed by atoms with Crippen LogP contribution in [0.2, 0.25) is 0 Å². The largest absolute Gasteiger partial charge is 0.383 e. The molecule has 1 saturated heterocycles. The van der Waals surface area contributed by atoms with Crippen molar-refractivity contribution in [1.29, 1.82) is 0 Å². The maximum atomic E-state index is 12.2. The Morgan fingerprint density at radius 2 is 2.24 bits per heavy atom. The third-order valence-electron chi connectivity index (χ3n) is 3.49. The zero-order valence-electron chi connectivity index (χ0n) is 12.7. The summed E-state index contributed by atoms with van der Waals surface area (Å²) in [6, 6.07) is 1.73. The molecule has 21 heavy (non-hydrogen) atoms.